The van der Waals surface area contributed by atoms with E-state index in [2.05, 4.69) is 10.2 Å². The first-order chi connectivity index (χ1) is 10.4. The molecule has 9 heteroatoms. The maximum Gasteiger partial charge on any atom is 0.308 e. The Hall–Kier alpha value is -1.74. The highest BCUT2D eigenvalue weighted by Gasteiger charge is 2.24. The number of sulfonamides is 1. The lowest BCUT2D eigenvalue weighted by molar-refractivity contribution is -0.148. The lowest BCUT2D eigenvalue weighted by atomic mass is 10.0. The molecule has 0 bridgehead atoms. The highest BCUT2D eigenvalue weighted by molar-refractivity contribution is 7.89. The van der Waals surface area contributed by atoms with Gasteiger partial charge in [-0.15, -0.1) is 10.2 Å². The van der Waals surface area contributed by atoms with Crippen LogP contribution in [0.4, 0.5) is 5.82 Å². The first kappa shape index (κ1) is 16.6. The molecule has 0 amide bonds. The minimum atomic E-state index is -3.84. The molecule has 1 fully saturated rings. The van der Waals surface area contributed by atoms with Gasteiger partial charge in [-0.2, -0.15) is 0 Å². The predicted molar refractivity (Wildman–Crippen MR) is 79.6 cm³/mol. The van der Waals surface area contributed by atoms with E-state index in [4.69, 9.17) is 9.88 Å². The average molecular weight is 328 g/mol. The molecule has 0 saturated carbocycles. The van der Waals surface area contributed by atoms with Crippen LogP contribution in [0.1, 0.15) is 26.2 Å². The lowest BCUT2D eigenvalue weighted by Gasteiger charge is -2.20. The van der Waals surface area contributed by atoms with Gasteiger partial charge >= 0.3 is 5.97 Å². The summed E-state index contributed by atoms with van der Waals surface area (Å²) in [6, 6.07) is 2.92. The van der Waals surface area contributed by atoms with Crippen molar-refractivity contribution in [2.75, 3.05) is 24.6 Å². The van der Waals surface area contributed by atoms with Crippen molar-refractivity contribution in [3.63, 3.8) is 0 Å². The average Bonchev–Trinajstić information content (AvgIpc) is 2.73. The van der Waals surface area contributed by atoms with Gasteiger partial charge in [0.05, 0.1) is 12.5 Å². The molecule has 0 spiro atoms. The molecule has 1 aliphatic rings. The van der Waals surface area contributed by atoms with Gasteiger partial charge in [0.25, 0.3) is 10.0 Å². The number of carbonyl (C=O) groups is 1. The van der Waals surface area contributed by atoms with Gasteiger partial charge in [0.15, 0.2) is 10.8 Å². The zero-order valence-corrected chi connectivity index (χ0v) is 13.3. The molecule has 2 rings (SSSR count). The highest BCUT2D eigenvalue weighted by atomic mass is 32.2. The largest absolute Gasteiger partial charge is 0.466 e. The Morgan fingerprint density at radius 2 is 2.14 bits per heavy atom. The SMILES string of the molecule is CCOC(=O)C1CCCN(c2ccc(S(N)(=O)=O)nn2)CC1. The molecule has 22 heavy (non-hydrogen) atoms. The molecule has 1 unspecified atom stereocenters. The fourth-order valence-corrected chi connectivity index (χ4v) is 2.87. The molecule has 2 heterocycles. The van der Waals surface area contributed by atoms with Crippen molar-refractivity contribution in [1.29, 1.82) is 0 Å². The Bertz CT molecular complexity index is 617. The Morgan fingerprint density at radius 3 is 2.73 bits per heavy atom. The quantitative estimate of drug-likeness (QED) is 0.790. The van der Waals surface area contributed by atoms with E-state index in [1.165, 1.54) is 6.07 Å². The molecule has 1 atom stereocenters. The molecule has 0 radical (unpaired) electrons. The van der Waals surface area contributed by atoms with Crippen molar-refractivity contribution in [2.45, 2.75) is 31.2 Å². The number of aromatic nitrogens is 2. The van der Waals surface area contributed by atoms with Crippen LogP contribution >= 0.6 is 0 Å². The minimum Gasteiger partial charge on any atom is -0.466 e. The van der Waals surface area contributed by atoms with E-state index in [1.54, 1.807) is 13.0 Å². The number of esters is 1. The summed E-state index contributed by atoms with van der Waals surface area (Å²) >= 11 is 0. The van der Waals surface area contributed by atoms with Gasteiger partial charge in [-0.05, 0) is 38.3 Å². The number of hydrogen-bond donors (Lipinski definition) is 1. The highest BCUT2D eigenvalue weighted by Crippen LogP contribution is 2.22. The number of carbonyl (C=O) groups excluding carboxylic acids is 1. The standard InChI is InChI=1S/C13H20N4O4S/c1-2-21-13(18)10-4-3-8-17(9-7-10)11-5-6-12(16-15-11)22(14,19)20/h5-6,10H,2-4,7-9H2,1H3,(H2,14,19,20). The molecule has 0 aromatic carbocycles. The number of nitrogens with two attached hydrogens (primary N) is 1. The van der Waals surface area contributed by atoms with Crippen molar-refractivity contribution in [3.8, 4) is 0 Å². The van der Waals surface area contributed by atoms with Gasteiger partial charge in [0, 0.05) is 13.1 Å². The molecule has 1 aromatic rings. The Morgan fingerprint density at radius 1 is 1.36 bits per heavy atom. The van der Waals surface area contributed by atoms with Crippen LogP contribution in [-0.4, -0.2) is 44.3 Å². The van der Waals surface area contributed by atoms with Crippen LogP contribution in [0.15, 0.2) is 17.2 Å². The topological polar surface area (TPSA) is 115 Å². The van der Waals surface area contributed by atoms with Crippen LogP contribution in [0.5, 0.6) is 0 Å². The fourth-order valence-electron chi connectivity index (χ4n) is 2.45. The van der Waals surface area contributed by atoms with E-state index in [1.807, 2.05) is 4.90 Å². The fraction of sp³-hybridized carbons (Fsp3) is 0.615. The van der Waals surface area contributed by atoms with E-state index in [0.717, 1.165) is 19.4 Å². The van der Waals surface area contributed by atoms with Crippen LogP contribution in [0.3, 0.4) is 0 Å². The summed E-state index contributed by atoms with van der Waals surface area (Å²) in [6.07, 6.45) is 2.29. The number of anilines is 1. The Kier molecular flexibility index (Phi) is 5.30. The molecule has 122 valence electrons. The van der Waals surface area contributed by atoms with E-state index < -0.39 is 10.0 Å². The van der Waals surface area contributed by atoms with E-state index >= 15 is 0 Å². The summed E-state index contributed by atoms with van der Waals surface area (Å²) in [5, 5.41) is 12.3. The van der Waals surface area contributed by atoms with Gasteiger partial charge in [-0.1, -0.05) is 0 Å². The van der Waals surface area contributed by atoms with Crippen LogP contribution in [-0.2, 0) is 19.6 Å². The van der Waals surface area contributed by atoms with Crippen LogP contribution in [0.2, 0.25) is 0 Å². The van der Waals surface area contributed by atoms with Crippen LogP contribution in [0.25, 0.3) is 0 Å². The van der Waals surface area contributed by atoms with E-state index in [0.29, 0.717) is 25.4 Å². The summed E-state index contributed by atoms with van der Waals surface area (Å²) in [7, 11) is -3.84. The number of nitrogens with zero attached hydrogens (tertiary/aromatic N) is 3. The first-order valence-electron chi connectivity index (χ1n) is 7.20. The third kappa shape index (κ3) is 4.14. The molecular formula is C13H20N4O4S. The smallest absolute Gasteiger partial charge is 0.308 e. The zero-order chi connectivity index (χ0) is 16.2. The lowest BCUT2D eigenvalue weighted by Crippen LogP contribution is -2.27. The second kappa shape index (κ2) is 7.01. The molecule has 2 N–H and O–H groups in total. The van der Waals surface area contributed by atoms with Crippen LogP contribution in [0, 0.1) is 5.92 Å². The number of ether oxygens (including phenoxy) is 1. The summed E-state index contributed by atoms with van der Waals surface area (Å²) in [5.74, 6) is 0.332. The summed E-state index contributed by atoms with van der Waals surface area (Å²) in [6.45, 7) is 3.56. The van der Waals surface area contributed by atoms with E-state index in [9.17, 15) is 13.2 Å². The van der Waals surface area contributed by atoms with Gasteiger partial charge in [0.2, 0.25) is 0 Å². The molecular weight excluding hydrogens is 308 g/mol. The normalized spacial score (nSPS) is 19.5. The maximum atomic E-state index is 11.8. The Balaban J connectivity index is 2.03. The van der Waals surface area contributed by atoms with Gasteiger partial charge in [-0.3, -0.25) is 4.79 Å². The molecule has 8 nitrogen and oxygen atoms in total. The second-order valence-corrected chi connectivity index (χ2v) is 6.65. The summed E-state index contributed by atoms with van der Waals surface area (Å²) in [5.41, 5.74) is 0. The monoisotopic (exact) mass is 328 g/mol. The first-order valence-corrected chi connectivity index (χ1v) is 8.74. The maximum absolute atomic E-state index is 11.8. The molecule has 1 aromatic heterocycles. The number of rotatable bonds is 4. The van der Waals surface area contributed by atoms with Crippen molar-refractivity contribution in [3.05, 3.63) is 12.1 Å². The Labute approximate surface area is 129 Å². The molecule has 0 aliphatic carbocycles. The number of primary sulfonamides is 1. The molecule has 1 aliphatic heterocycles. The zero-order valence-electron chi connectivity index (χ0n) is 12.4. The van der Waals surface area contributed by atoms with Crippen molar-refractivity contribution >= 4 is 21.8 Å². The third-order valence-corrected chi connectivity index (χ3v) is 4.39. The second-order valence-electron chi connectivity index (χ2n) is 5.14. The van der Waals surface area contributed by atoms with Crippen LogP contribution < -0.4 is 10.0 Å². The van der Waals surface area contributed by atoms with Crippen molar-refractivity contribution < 1.29 is 17.9 Å². The van der Waals surface area contributed by atoms with Crippen molar-refractivity contribution in [2.24, 2.45) is 11.1 Å². The third-order valence-electron chi connectivity index (χ3n) is 3.59. The van der Waals surface area contributed by atoms with E-state index in [-0.39, 0.29) is 16.9 Å². The molecule has 1 saturated heterocycles. The summed E-state index contributed by atoms with van der Waals surface area (Å²) < 4.78 is 27.4. The number of hydrogen-bond acceptors (Lipinski definition) is 7. The van der Waals surface area contributed by atoms with Gasteiger partial charge in [-0.25, -0.2) is 13.6 Å². The van der Waals surface area contributed by atoms with Gasteiger partial charge in [0.1, 0.15) is 0 Å². The predicted octanol–water partition coefficient (Wildman–Crippen LogP) is 0.294. The van der Waals surface area contributed by atoms with Gasteiger partial charge < -0.3 is 9.64 Å². The summed E-state index contributed by atoms with van der Waals surface area (Å²) in [4.78, 5) is 13.8. The van der Waals surface area contributed by atoms with Crippen molar-refractivity contribution in [1.82, 2.24) is 10.2 Å². The minimum absolute atomic E-state index is 0.0957.